The molecule has 0 aliphatic heterocycles. The van der Waals surface area contributed by atoms with Gasteiger partial charge >= 0.3 is 0 Å². The molecule has 94 valence electrons. The molecule has 0 fully saturated rings. The number of aryl methyl sites for hydroxylation is 3. The number of hydrogen-bond donors (Lipinski definition) is 0. The number of Topliss-reactive ketones (excluding diaryl/α,β-unsaturated/α-hetero) is 1. The molecular weight excluding hydrogens is 212 g/mol. The van der Waals surface area contributed by atoms with Gasteiger partial charge in [-0.1, -0.05) is 13.0 Å². The number of rotatable bonds is 6. The van der Waals surface area contributed by atoms with E-state index in [0.717, 1.165) is 17.7 Å². The molecule has 0 saturated carbocycles. The Balaban J connectivity index is 2.80. The van der Waals surface area contributed by atoms with E-state index in [9.17, 15) is 4.79 Å². The van der Waals surface area contributed by atoms with Crippen molar-refractivity contribution in [2.24, 2.45) is 0 Å². The Labute approximate surface area is 104 Å². The van der Waals surface area contributed by atoms with E-state index in [-0.39, 0.29) is 0 Å². The summed E-state index contributed by atoms with van der Waals surface area (Å²) in [7, 11) is 0. The van der Waals surface area contributed by atoms with E-state index in [1.54, 1.807) is 0 Å². The van der Waals surface area contributed by atoms with Crippen LogP contribution in [0.25, 0.3) is 0 Å². The molecule has 0 heterocycles. The molecule has 0 atom stereocenters. The van der Waals surface area contributed by atoms with Gasteiger partial charge in [-0.25, -0.2) is 0 Å². The first-order chi connectivity index (χ1) is 8.08. The van der Waals surface area contributed by atoms with Gasteiger partial charge in [-0.05, 0) is 49.9 Å². The van der Waals surface area contributed by atoms with Crippen LogP contribution < -0.4 is 4.74 Å². The topological polar surface area (TPSA) is 26.3 Å². The highest BCUT2D eigenvalue weighted by atomic mass is 16.5. The Hall–Kier alpha value is -1.31. The molecule has 0 spiro atoms. The molecule has 0 unspecified atom stereocenters. The minimum Gasteiger partial charge on any atom is -0.494 e. The SMILES string of the molecule is CCOc1cc(C)c(CCC(=O)CC)cc1C. The van der Waals surface area contributed by atoms with E-state index in [1.165, 1.54) is 11.1 Å². The van der Waals surface area contributed by atoms with Crippen LogP contribution in [0.1, 0.15) is 43.4 Å². The van der Waals surface area contributed by atoms with Gasteiger partial charge in [-0.15, -0.1) is 0 Å². The molecule has 0 aliphatic rings. The largest absolute Gasteiger partial charge is 0.494 e. The summed E-state index contributed by atoms with van der Waals surface area (Å²) in [5, 5.41) is 0. The van der Waals surface area contributed by atoms with E-state index < -0.39 is 0 Å². The van der Waals surface area contributed by atoms with Gasteiger partial charge in [0, 0.05) is 12.8 Å². The molecule has 0 N–H and O–H groups in total. The van der Waals surface area contributed by atoms with E-state index in [4.69, 9.17) is 4.74 Å². The van der Waals surface area contributed by atoms with Gasteiger partial charge in [0.15, 0.2) is 0 Å². The summed E-state index contributed by atoms with van der Waals surface area (Å²) in [6.07, 6.45) is 2.12. The van der Waals surface area contributed by atoms with Crippen LogP contribution in [0.2, 0.25) is 0 Å². The fourth-order valence-electron chi connectivity index (χ4n) is 1.88. The number of ketones is 1. The summed E-state index contributed by atoms with van der Waals surface area (Å²) in [4.78, 5) is 11.3. The fraction of sp³-hybridized carbons (Fsp3) is 0.533. The second-order valence-electron chi connectivity index (χ2n) is 4.37. The highest BCUT2D eigenvalue weighted by molar-refractivity contribution is 5.78. The Morgan fingerprint density at radius 1 is 1.18 bits per heavy atom. The Morgan fingerprint density at radius 3 is 2.47 bits per heavy atom. The Morgan fingerprint density at radius 2 is 1.88 bits per heavy atom. The van der Waals surface area contributed by atoms with Crippen molar-refractivity contribution in [2.75, 3.05) is 6.61 Å². The van der Waals surface area contributed by atoms with Crippen molar-refractivity contribution in [1.82, 2.24) is 0 Å². The van der Waals surface area contributed by atoms with Gasteiger partial charge in [0.25, 0.3) is 0 Å². The average molecular weight is 234 g/mol. The predicted octanol–water partition coefficient (Wildman–Crippen LogP) is 3.61. The first-order valence-corrected chi connectivity index (χ1v) is 6.33. The third-order valence-corrected chi connectivity index (χ3v) is 3.00. The lowest BCUT2D eigenvalue weighted by molar-refractivity contribution is -0.118. The summed E-state index contributed by atoms with van der Waals surface area (Å²) >= 11 is 0. The number of benzene rings is 1. The predicted molar refractivity (Wildman–Crippen MR) is 70.7 cm³/mol. The quantitative estimate of drug-likeness (QED) is 0.751. The van der Waals surface area contributed by atoms with Gasteiger partial charge < -0.3 is 4.74 Å². The smallest absolute Gasteiger partial charge is 0.132 e. The van der Waals surface area contributed by atoms with Gasteiger partial charge in [0.05, 0.1) is 6.61 Å². The van der Waals surface area contributed by atoms with Crippen LogP contribution in [0, 0.1) is 13.8 Å². The van der Waals surface area contributed by atoms with Crippen LogP contribution >= 0.6 is 0 Å². The van der Waals surface area contributed by atoms with E-state index >= 15 is 0 Å². The van der Waals surface area contributed by atoms with Crippen molar-refractivity contribution in [3.05, 3.63) is 28.8 Å². The zero-order chi connectivity index (χ0) is 12.8. The van der Waals surface area contributed by atoms with Crippen LogP contribution in [-0.4, -0.2) is 12.4 Å². The molecule has 17 heavy (non-hydrogen) atoms. The van der Waals surface area contributed by atoms with Gasteiger partial charge in [-0.2, -0.15) is 0 Å². The lowest BCUT2D eigenvalue weighted by Crippen LogP contribution is -2.01. The molecule has 1 aromatic rings. The van der Waals surface area contributed by atoms with Crippen molar-refractivity contribution < 1.29 is 9.53 Å². The molecular formula is C15H22O2. The average Bonchev–Trinajstić information content (AvgIpc) is 2.31. The monoisotopic (exact) mass is 234 g/mol. The first-order valence-electron chi connectivity index (χ1n) is 6.33. The maximum Gasteiger partial charge on any atom is 0.132 e. The van der Waals surface area contributed by atoms with Crippen LogP contribution in [-0.2, 0) is 11.2 Å². The van der Waals surface area contributed by atoms with Gasteiger partial charge in [-0.3, -0.25) is 4.79 Å². The van der Waals surface area contributed by atoms with E-state index in [1.807, 2.05) is 13.8 Å². The highest BCUT2D eigenvalue weighted by Crippen LogP contribution is 2.23. The minimum atomic E-state index is 0.330. The van der Waals surface area contributed by atoms with Crippen molar-refractivity contribution in [3.63, 3.8) is 0 Å². The van der Waals surface area contributed by atoms with Crippen LogP contribution in [0.4, 0.5) is 0 Å². The lowest BCUT2D eigenvalue weighted by atomic mass is 9.99. The molecule has 0 amide bonds. The summed E-state index contributed by atoms with van der Waals surface area (Å²) < 4.78 is 5.55. The number of carbonyl (C=O) groups is 1. The van der Waals surface area contributed by atoms with Gasteiger partial charge in [0.2, 0.25) is 0 Å². The molecule has 2 nitrogen and oxygen atoms in total. The lowest BCUT2D eigenvalue weighted by Gasteiger charge is -2.12. The minimum absolute atomic E-state index is 0.330. The molecule has 0 aromatic heterocycles. The van der Waals surface area contributed by atoms with Crippen molar-refractivity contribution >= 4 is 5.78 Å². The van der Waals surface area contributed by atoms with Crippen molar-refractivity contribution in [1.29, 1.82) is 0 Å². The summed E-state index contributed by atoms with van der Waals surface area (Å²) in [6, 6.07) is 4.22. The molecule has 1 aromatic carbocycles. The molecule has 0 radical (unpaired) electrons. The van der Waals surface area contributed by atoms with Crippen molar-refractivity contribution in [2.45, 2.75) is 47.0 Å². The summed E-state index contributed by atoms with van der Waals surface area (Å²) in [5.41, 5.74) is 3.62. The molecule has 0 bridgehead atoms. The van der Waals surface area contributed by atoms with Crippen molar-refractivity contribution in [3.8, 4) is 5.75 Å². The highest BCUT2D eigenvalue weighted by Gasteiger charge is 2.07. The standard InChI is InChI=1S/C15H22O2/c1-5-14(16)8-7-13-9-12(4)15(17-6-2)10-11(13)3/h9-10H,5-8H2,1-4H3. The first kappa shape index (κ1) is 13.8. The zero-order valence-corrected chi connectivity index (χ0v) is 11.3. The van der Waals surface area contributed by atoms with Crippen LogP contribution in [0.15, 0.2) is 12.1 Å². The Kier molecular flexibility index (Phi) is 5.20. The number of hydrogen-bond acceptors (Lipinski definition) is 2. The third kappa shape index (κ3) is 3.88. The maximum atomic E-state index is 11.3. The third-order valence-electron chi connectivity index (χ3n) is 3.00. The molecule has 2 heteroatoms. The Bertz CT molecular complexity index is 394. The summed E-state index contributed by atoms with van der Waals surface area (Å²) in [6.45, 7) is 8.72. The number of ether oxygens (including phenoxy) is 1. The second-order valence-corrected chi connectivity index (χ2v) is 4.37. The maximum absolute atomic E-state index is 11.3. The van der Waals surface area contributed by atoms with Gasteiger partial charge in [0.1, 0.15) is 11.5 Å². The summed E-state index contributed by atoms with van der Waals surface area (Å²) in [5.74, 6) is 1.28. The zero-order valence-electron chi connectivity index (χ0n) is 11.3. The molecule has 1 rings (SSSR count). The van der Waals surface area contributed by atoms with E-state index in [2.05, 4.69) is 26.0 Å². The molecule has 0 aliphatic carbocycles. The fourth-order valence-corrected chi connectivity index (χ4v) is 1.88. The second kappa shape index (κ2) is 6.43. The van der Waals surface area contributed by atoms with E-state index in [0.29, 0.717) is 25.2 Å². The normalized spacial score (nSPS) is 10.4. The number of carbonyl (C=O) groups excluding carboxylic acids is 1. The van der Waals surface area contributed by atoms with Crippen LogP contribution in [0.3, 0.4) is 0 Å². The van der Waals surface area contributed by atoms with Crippen LogP contribution in [0.5, 0.6) is 5.75 Å². The molecule has 0 saturated heterocycles.